The van der Waals surface area contributed by atoms with Gasteiger partial charge in [0, 0.05) is 16.0 Å². The average molecular weight is 544 g/mol. The number of allylic oxidation sites excluding steroid dienone is 1. The minimum Gasteiger partial charge on any atom is -0.505 e. The number of fused-ring (bicyclic) bond motifs is 1. The summed E-state index contributed by atoms with van der Waals surface area (Å²) in [4.78, 5) is -0.0648. The summed E-state index contributed by atoms with van der Waals surface area (Å²) in [5, 5.41) is 43.0. The smallest absolute Gasteiger partial charge is 0.295 e. The van der Waals surface area contributed by atoms with E-state index < -0.39 is 20.8 Å². The summed E-state index contributed by atoms with van der Waals surface area (Å²) in [5.41, 5.74) is 6.73. The fourth-order valence-electron chi connectivity index (χ4n) is 3.03. The molecule has 0 aromatic heterocycles. The Bertz CT molecular complexity index is 1400. The molecule has 0 bridgehead atoms. The van der Waals surface area contributed by atoms with E-state index in [2.05, 4.69) is 29.0 Å². The van der Waals surface area contributed by atoms with E-state index >= 15 is 0 Å². The third kappa shape index (κ3) is 6.27. The number of phenols is 1. The van der Waals surface area contributed by atoms with Crippen molar-refractivity contribution in [2.24, 2.45) is 10.2 Å². The van der Waals surface area contributed by atoms with Gasteiger partial charge in [-0.05, 0) is 42.8 Å². The molecule has 13 nitrogen and oxygen atoms in total. The van der Waals surface area contributed by atoms with Crippen molar-refractivity contribution < 1.29 is 47.3 Å². The summed E-state index contributed by atoms with van der Waals surface area (Å²) >= 11 is 1.09. The molecule has 0 aliphatic rings. The van der Waals surface area contributed by atoms with Crippen molar-refractivity contribution in [3.63, 3.8) is 0 Å². The van der Waals surface area contributed by atoms with Gasteiger partial charge in [-0.15, -0.1) is 13.8 Å². The fourth-order valence-corrected chi connectivity index (χ4v) is 4.70. The topological polar surface area (TPSA) is 203 Å². The molecule has 35 heavy (non-hydrogen) atoms. The van der Waals surface area contributed by atoms with Crippen LogP contribution in [-0.2, 0) is 28.9 Å². The van der Waals surface area contributed by atoms with E-state index in [-0.39, 0.29) is 32.7 Å². The molecule has 0 radical (unpaired) electrons. The maximum Gasteiger partial charge on any atom is 0.295 e. The van der Waals surface area contributed by atoms with Gasteiger partial charge in [-0.3, -0.25) is 4.55 Å². The van der Waals surface area contributed by atoms with Crippen LogP contribution in [-0.4, -0.2) is 28.6 Å². The van der Waals surface area contributed by atoms with Gasteiger partial charge in [0.15, 0.2) is 5.75 Å². The maximum absolute atomic E-state index is 11.8. The van der Waals surface area contributed by atoms with E-state index in [4.69, 9.17) is 16.2 Å². The van der Waals surface area contributed by atoms with Gasteiger partial charge in [0.1, 0.15) is 10.6 Å². The molecule has 0 fully saturated rings. The molecule has 0 amide bonds. The number of anilines is 1. The largest absolute Gasteiger partial charge is 0.505 e. The Morgan fingerprint density at radius 1 is 1.00 bits per heavy atom. The van der Waals surface area contributed by atoms with Gasteiger partial charge in [0.25, 0.3) is 10.1 Å². The molecular formula is C19H17N3O10S3. The Balaban J connectivity index is 2.17. The second kappa shape index (κ2) is 11.8. The van der Waals surface area contributed by atoms with Gasteiger partial charge in [0.05, 0.1) is 40.1 Å². The van der Waals surface area contributed by atoms with Crippen LogP contribution in [0.25, 0.3) is 16.8 Å². The Kier molecular flexibility index (Phi) is 9.03. The number of rotatable bonds is 10. The zero-order chi connectivity index (χ0) is 25.6. The van der Waals surface area contributed by atoms with E-state index in [1.54, 1.807) is 30.4 Å². The zero-order valence-corrected chi connectivity index (χ0v) is 20.0. The standard InChI is InChI=1S/C19H17N3O10S3/c1-2-3-10-4-5-11(8-14(10)33-31-29-24)21-22-18-15(34-32-30-25)9-12-16(35(26,27)28)7-6-13(20)17(12)19(18)23/h2-9,23-25H,20H2,1H3,(H,26,27,28). The Labute approximate surface area is 206 Å². The van der Waals surface area contributed by atoms with Gasteiger partial charge < -0.3 is 10.8 Å². The highest BCUT2D eigenvalue weighted by atomic mass is 32.2. The minimum absolute atomic E-state index is 0.00669. The Hall–Kier alpha value is -2.77. The molecule has 186 valence electrons. The Morgan fingerprint density at radius 2 is 1.69 bits per heavy atom. The quantitative estimate of drug-likeness (QED) is 0.0522. The monoisotopic (exact) mass is 543 g/mol. The number of nitrogens with zero attached hydrogens (tertiary/aromatic N) is 2. The molecule has 0 aliphatic heterocycles. The second-order valence-electron chi connectivity index (χ2n) is 6.50. The van der Waals surface area contributed by atoms with Crippen molar-refractivity contribution in [2.45, 2.75) is 21.6 Å². The van der Waals surface area contributed by atoms with Crippen molar-refractivity contribution in [1.82, 2.24) is 0 Å². The molecule has 3 rings (SSSR count). The second-order valence-corrected chi connectivity index (χ2v) is 9.37. The van der Waals surface area contributed by atoms with Crippen LogP contribution < -0.4 is 5.73 Å². The molecule has 16 heteroatoms. The first kappa shape index (κ1) is 26.8. The third-order valence-corrected chi connectivity index (χ3v) is 6.60. The summed E-state index contributed by atoms with van der Waals surface area (Å²) < 4.78 is 42.1. The highest BCUT2D eigenvalue weighted by Gasteiger charge is 2.23. The van der Waals surface area contributed by atoms with Crippen molar-refractivity contribution in [3.05, 3.63) is 48.0 Å². The van der Waals surface area contributed by atoms with Gasteiger partial charge >= 0.3 is 0 Å². The number of nitrogen functional groups attached to an aromatic ring is 1. The van der Waals surface area contributed by atoms with Gasteiger partial charge in [-0.2, -0.15) is 13.5 Å². The third-order valence-electron chi connectivity index (χ3n) is 4.40. The first-order valence-corrected chi connectivity index (χ1v) is 12.2. The molecule has 0 atom stereocenters. The number of azo groups is 1. The fraction of sp³-hybridized carbons (Fsp3) is 0.0526. The van der Waals surface area contributed by atoms with E-state index in [0.29, 0.717) is 29.0 Å². The number of phenolic OH excluding ortho intramolecular Hbond substituents is 1. The molecule has 0 saturated carbocycles. The van der Waals surface area contributed by atoms with Crippen LogP contribution in [0.3, 0.4) is 0 Å². The first-order valence-electron chi connectivity index (χ1n) is 9.25. The van der Waals surface area contributed by atoms with Crippen LogP contribution in [0, 0.1) is 0 Å². The highest BCUT2D eigenvalue weighted by Crippen LogP contribution is 2.47. The predicted octanol–water partition coefficient (Wildman–Crippen LogP) is 5.68. The summed E-state index contributed by atoms with van der Waals surface area (Å²) in [6, 6.07) is 8.30. The molecular weight excluding hydrogens is 526 g/mol. The number of benzene rings is 3. The lowest BCUT2D eigenvalue weighted by molar-refractivity contribution is -0.432. The van der Waals surface area contributed by atoms with Crippen LogP contribution in [0.2, 0.25) is 0 Å². The lowest BCUT2D eigenvalue weighted by Gasteiger charge is -2.13. The van der Waals surface area contributed by atoms with E-state index in [1.807, 2.05) is 6.92 Å². The summed E-state index contributed by atoms with van der Waals surface area (Å²) in [5.74, 6) is -0.574. The van der Waals surface area contributed by atoms with E-state index in [0.717, 1.165) is 11.6 Å². The lowest BCUT2D eigenvalue weighted by Crippen LogP contribution is -2.01. The molecule has 0 unspecified atom stereocenters. The highest BCUT2D eigenvalue weighted by molar-refractivity contribution is 7.95. The van der Waals surface area contributed by atoms with Crippen LogP contribution in [0.1, 0.15) is 12.5 Å². The zero-order valence-electron chi connectivity index (χ0n) is 17.6. The first-order chi connectivity index (χ1) is 16.7. The van der Waals surface area contributed by atoms with Gasteiger partial charge in [-0.25, -0.2) is 10.5 Å². The van der Waals surface area contributed by atoms with Crippen molar-refractivity contribution in [1.29, 1.82) is 0 Å². The summed E-state index contributed by atoms with van der Waals surface area (Å²) in [6.45, 7) is 1.81. The normalized spacial score (nSPS) is 12.3. The van der Waals surface area contributed by atoms with E-state index in [9.17, 15) is 18.1 Å². The molecule has 0 spiro atoms. The molecule has 0 aliphatic carbocycles. The summed E-state index contributed by atoms with van der Waals surface area (Å²) in [6.07, 6.45) is 3.56. The SMILES string of the molecule is CC=Cc1ccc(N=Nc2c(SOOO)cc3c(S(=O)(=O)O)ccc(N)c3c2O)cc1SOOO. The maximum atomic E-state index is 11.8. The number of hydrogen-bond donors (Lipinski definition) is 5. The van der Waals surface area contributed by atoms with Crippen molar-refractivity contribution in [2.75, 3.05) is 5.73 Å². The van der Waals surface area contributed by atoms with Gasteiger partial charge in [-0.1, -0.05) is 28.3 Å². The minimum atomic E-state index is -4.69. The molecule has 0 heterocycles. The molecule has 3 aromatic carbocycles. The summed E-state index contributed by atoms with van der Waals surface area (Å²) in [7, 11) is -4.69. The van der Waals surface area contributed by atoms with Crippen LogP contribution in [0.4, 0.5) is 17.1 Å². The lowest BCUT2D eigenvalue weighted by atomic mass is 10.1. The number of aromatic hydroxyl groups is 1. The molecule has 3 aromatic rings. The molecule has 6 N–H and O–H groups in total. The van der Waals surface area contributed by atoms with Crippen molar-refractivity contribution in [3.8, 4) is 5.75 Å². The number of nitrogens with two attached hydrogens (primary N) is 1. The Morgan fingerprint density at radius 3 is 2.31 bits per heavy atom. The van der Waals surface area contributed by atoms with Crippen molar-refractivity contribution >= 4 is 68.1 Å². The van der Waals surface area contributed by atoms with Gasteiger partial charge in [0.2, 0.25) is 0 Å². The molecule has 0 saturated heterocycles. The van der Waals surface area contributed by atoms with Crippen LogP contribution in [0.15, 0.2) is 67.4 Å². The number of hydrogen-bond acceptors (Lipinski definition) is 14. The van der Waals surface area contributed by atoms with E-state index in [1.165, 1.54) is 12.1 Å². The van der Waals surface area contributed by atoms with Crippen LogP contribution >= 0.6 is 24.1 Å². The average Bonchev–Trinajstić information content (AvgIpc) is 2.81. The predicted molar refractivity (Wildman–Crippen MR) is 126 cm³/mol. The van der Waals surface area contributed by atoms with Crippen LogP contribution in [0.5, 0.6) is 5.75 Å².